The van der Waals surface area contributed by atoms with Gasteiger partial charge in [0, 0.05) is 23.7 Å². The number of likely N-dealkylation sites (N-methyl/N-ethyl adjacent to an activating group) is 1. The molecule has 3 atom stereocenters. The van der Waals surface area contributed by atoms with Gasteiger partial charge in [-0.15, -0.1) is 0 Å². The second-order valence-electron chi connectivity index (χ2n) is 6.57. The molecule has 0 radical (unpaired) electrons. The zero-order valence-electron chi connectivity index (χ0n) is 12.9. The monoisotopic (exact) mass is 294 g/mol. The fourth-order valence-electron chi connectivity index (χ4n) is 3.42. The van der Waals surface area contributed by atoms with Crippen LogP contribution in [-0.4, -0.2) is 24.0 Å². The first-order valence-electron chi connectivity index (χ1n) is 7.63. The Kier molecular flexibility index (Phi) is 5.11. The van der Waals surface area contributed by atoms with E-state index in [1.807, 2.05) is 12.1 Å². The molecule has 2 rings (SSSR count). The summed E-state index contributed by atoms with van der Waals surface area (Å²) in [5.41, 5.74) is 7.48. The maximum Gasteiger partial charge on any atom is 0.0451 e. The van der Waals surface area contributed by atoms with Crippen LogP contribution in [0, 0.1) is 11.8 Å². The molecule has 3 heteroatoms. The van der Waals surface area contributed by atoms with Crippen molar-refractivity contribution in [3.05, 3.63) is 34.9 Å². The number of rotatable bonds is 4. The highest BCUT2D eigenvalue weighted by atomic mass is 35.5. The summed E-state index contributed by atoms with van der Waals surface area (Å²) in [6.45, 7) is 6.32. The maximum absolute atomic E-state index is 6.29. The Hall–Kier alpha value is -0.570. The molecule has 1 aliphatic carbocycles. The number of nitrogens with two attached hydrogens (primary N) is 1. The summed E-state index contributed by atoms with van der Waals surface area (Å²) in [5.74, 6) is 1.55. The van der Waals surface area contributed by atoms with Crippen LogP contribution >= 0.6 is 11.6 Å². The summed E-state index contributed by atoms with van der Waals surface area (Å²) >= 11 is 6.29. The first-order valence-corrected chi connectivity index (χ1v) is 8.01. The standard InChI is InChI=1S/C17H27ClN2/c1-13-8-9-17(12-19,10-14(13)2)20(3)11-15-6-4-5-7-16(15)18/h4-7,13-14H,8-12,19H2,1-3H3. The molecule has 20 heavy (non-hydrogen) atoms. The molecule has 0 spiro atoms. The average molecular weight is 295 g/mol. The number of halogens is 1. The second kappa shape index (κ2) is 6.46. The Labute approximate surface area is 128 Å². The van der Waals surface area contributed by atoms with Crippen LogP contribution in [0.3, 0.4) is 0 Å². The summed E-state index contributed by atoms with van der Waals surface area (Å²) in [5, 5.41) is 0.851. The molecule has 0 amide bonds. The van der Waals surface area contributed by atoms with Crippen molar-refractivity contribution in [2.75, 3.05) is 13.6 Å². The van der Waals surface area contributed by atoms with Gasteiger partial charge in [0.1, 0.15) is 0 Å². The normalized spacial score (nSPS) is 30.7. The van der Waals surface area contributed by atoms with Crippen molar-refractivity contribution in [2.45, 2.75) is 45.2 Å². The van der Waals surface area contributed by atoms with Gasteiger partial charge in [-0.2, -0.15) is 0 Å². The molecule has 0 bridgehead atoms. The Balaban J connectivity index is 2.13. The van der Waals surface area contributed by atoms with E-state index in [0.717, 1.165) is 29.9 Å². The van der Waals surface area contributed by atoms with Gasteiger partial charge in [-0.05, 0) is 49.8 Å². The molecular weight excluding hydrogens is 268 g/mol. The first-order chi connectivity index (χ1) is 9.48. The van der Waals surface area contributed by atoms with Gasteiger partial charge in [-0.1, -0.05) is 43.6 Å². The summed E-state index contributed by atoms with van der Waals surface area (Å²) in [7, 11) is 2.19. The Bertz CT molecular complexity index is 448. The summed E-state index contributed by atoms with van der Waals surface area (Å²) in [6, 6.07) is 8.11. The van der Waals surface area contributed by atoms with Gasteiger partial charge < -0.3 is 5.73 Å². The topological polar surface area (TPSA) is 29.3 Å². The number of benzene rings is 1. The fourth-order valence-corrected chi connectivity index (χ4v) is 3.62. The van der Waals surface area contributed by atoms with Gasteiger partial charge in [-0.3, -0.25) is 4.90 Å². The molecule has 2 nitrogen and oxygen atoms in total. The first kappa shape index (κ1) is 15.8. The molecule has 0 saturated heterocycles. The van der Waals surface area contributed by atoms with Gasteiger partial charge in [0.05, 0.1) is 0 Å². The number of nitrogens with zero attached hydrogens (tertiary/aromatic N) is 1. The van der Waals surface area contributed by atoms with Crippen LogP contribution in [0.4, 0.5) is 0 Å². The highest BCUT2D eigenvalue weighted by Gasteiger charge is 2.39. The lowest BCUT2D eigenvalue weighted by Gasteiger charge is -2.48. The maximum atomic E-state index is 6.29. The predicted molar refractivity (Wildman–Crippen MR) is 86.9 cm³/mol. The molecule has 0 aromatic heterocycles. The predicted octanol–water partition coefficient (Wildman–Crippen LogP) is 3.93. The average Bonchev–Trinajstić information content (AvgIpc) is 2.44. The van der Waals surface area contributed by atoms with Crippen LogP contribution in [0.1, 0.15) is 38.7 Å². The largest absolute Gasteiger partial charge is 0.329 e. The van der Waals surface area contributed by atoms with Crippen molar-refractivity contribution in [3.63, 3.8) is 0 Å². The van der Waals surface area contributed by atoms with Gasteiger partial charge in [-0.25, -0.2) is 0 Å². The summed E-state index contributed by atoms with van der Waals surface area (Å²) < 4.78 is 0. The van der Waals surface area contributed by atoms with Crippen LogP contribution < -0.4 is 5.73 Å². The van der Waals surface area contributed by atoms with Crippen LogP contribution in [0.15, 0.2) is 24.3 Å². The molecule has 0 heterocycles. The molecule has 1 saturated carbocycles. The van der Waals surface area contributed by atoms with E-state index < -0.39 is 0 Å². The Morgan fingerprint density at radius 2 is 2.00 bits per heavy atom. The van der Waals surface area contributed by atoms with Crippen molar-refractivity contribution in [2.24, 2.45) is 17.6 Å². The smallest absolute Gasteiger partial charge is 0.0451 e. The van der Waals surface area contributed by atoms with E-state index in [1.54, 1.807) is 0 Å². The van der Waals surface area contributed by atoms with Crippen molar-refractivity contribution in [3.8, 4) is 0 Å². The molecule has 3 unspecified atom stereocenters. The zero-order chi connectivity index (χ0) is 14.8. The van der Waals surface area contributed by atoms with Crippen LogP contribution in [0.5, 0.6) is 0 Å². The van der Waals surface area contributed by atoms with E-state index in [2.05, 4.69) is 37.9 Å². The van der Waals surface area contributed by atoms with Gasteiger partial charge in [0.15, 0.2) is 0 Å². The zero-order valence-corrected chi connectivity index (χ0v) is 13.7. The van der Waals surface area contributed by atoms with E-state index in [9.17, 15) is 0 Å². The van der Waals surface area contributed by atoms with Gasteiger partial charge >= 0.3 is 0 Å². The van der Waals surface area contributed by atoms with Crippen LogP contribution in [-0.2, 0) is 6.54 Å². The Morgan fingerprint density at radius 1 is 1.30 bits per heavy atom. The molecular formula is C17H27ClN2. The molecule has 1 aromatic rings. The SMILES string of the molecule is CC1CCC(CN)(N(C)Cc2ccccc2Cl)CC1C. The third kappa shape index (κ3) is 3.19. The third-order valence-electron chi connectivity index (χ3n) is 5.29. The van der Waals surface area contributed by atoms with E-state index in [1.165, 1.54) is 24.8 Å². The van der Waals surface area contributed by atoms with Gasteiger partial charge in [0.2, 0.25) is 0 Å². The van der Waals surface area contributed by atoms with E-state index in [0.29, 0.717) is 0 Å². The Morgan fingerprint density at radius 3 is 2.60 bits per heavy atom. The molecule has 0 aliphatic heterocycles. The minimum absolute atomic E-state index is 0.130. The second-order valence-corrected chi connectivity index (χ2v) is 6.98. The molecule has 1 aliphatic rings. The van der Waals surface area contributed by atoms with E-state index >= 15 is 0 Å². The third-order valence-corrected chi connectivity index (χ3v) is 5.66. The van der Waals surface area contributed by atoms with E-state index in [4.69, 9.17) is 17.3 Å². The quantitative estimate of drug-likeness (QED) is 0.912. The fraction of sp³-hybridized carbons (Fsp3) is 0.647. The highest BCUT2D eigenvalue weighted by Crippen LogP contribution is 2.39. The van der Waals surface area contributed by atoms with Crippen molar-refractivity contribution in [1.82, 2.24) is 4.90 Å². The molecule has 2 N–H and O–H groups in total. The number of hydrogen-bond acceptors (Lipinski definition) is 2. The lowest BCUT2D eigenvalue weighted by Crippen LogP contribution is -2.55. The molecule has 112 valence electrons. The minimum atomic E-state index is 0.130. The van der Waals surface area contributed by atoms with E-state index in [-0.39, 0.29) is 5.54 Å². The van der Waals surface area contributed by atoms with Crippen molar-refractivity contribution < 1.29 is 0 Å². The lowest BCUT2D eigenvalue weighted by molar-refractivity contribution is 0.0350. The summed E-state index contributed by atoms with van der Waals surface area (Å²) in [4.78, 5) is 2.43. The van der Waals surface area contributed by atoms with Crippen molar-refractivity contribution >= 4 is 11.6 Å². The van der Waals surface area contributed by atoms with Crippen LogP contribution in [0.2, 0.25) is 5.02 Å². The van der Waals surface area contributed by atoms with Crippen LogP contribution in [0.25, 0.3) is 0 Å². The minimum Gasteiger partial charge on any atom is -0.329 e. The molecule has 1 aromatic carbocycles. The van der Waals surface area contributed by atoms with Gasteiger partial charge in [0.25, 0.3) is 0 Å². The van der Waals surface area contributed by atoms with Crippen molar-refractivity contribution in [1.29, 1.82) is 0 Å². The lowest BCUT2D eigenvalue weighted by atomic mass is 9.70. The number of hydrogen-bond donors (Lipinski definition) is 1. The summed E-state index contributed by atoms with van der Waals surface area (Å²) in [6.07, 6.45) is 3.65. The molecule has 1 fully saturated rings. The highest BCUT2D eigenvalue weighted by molar-refractivity contribution is 6.31.